The molecule has 0 fully saturated rings. The molecule has 0 amide bonds. The number of halogens is 2. The molecule has 31 heavy (non-hydrogen) atoms. The van der Waals surface area contributed by atoms with E-state index in [0.717, 1.165) is 12.1 Å². The van der Waals surface area contributed by atoms with Crippen molar-refractivity contribution in [1.82, 2.24) is 9.55 Å². The molecule has 0 aliphatic rings. The first-order chi connectivity index (χ1) is 14.8. The number of hydrogen-bond acceptors (Lipinski definition) is 4. The smallest absolute Gasteiger partial charge is 0.232 e. The lowest BCUT2D eigenvalue weighted by molar-refractivity contribution is 0.585. The van der Waals surface area contributed by atoms with Crippen molar-refractivity contribution in [2.75, 3.05) is 10.5 Å². The van der Waals surface area contributed by atoms with Crippen molar-refractivity contribution in [3.05, 3.63) is 78.1 Å². The van der Waals surface area contributed by atoms with Crippen LogP contribution in [0.25, 0.3) is 27.8 Å². The standard InChI is InChI=1S/C22H16F2N4O2S/c1-2-31(29,30)27-17-8-15(19-5-4-16(23)10-20(19)24)9-18(11-17)28-13-26-21-7-14(12-25)3-6-22(21)28/h3-11,13,27H,2H2,1H3. The van der Waals surface area contributed by atoms with Gasteiger partial charge >= 0.3 is 0 Å². The van der Waals surface area contributed by atoms with E-state index >= 15 is 0 Å². The van der Waals surface area contributed by atoms with Gasteiger partial charge < -0.3 is 0 Å². The molecule has 0 unspecified atom stereocenters. The van der Waals surface area contributed by atoms with Gasteiger partial charge in [-0.2, -0.15) is 5.26 Å². The number of nitrogens with one attached hydrogen (secondary N) is 1. The van der Waals surface area contributed by atoms with Crippen molar-refractivity contribution in [3.63, 3.8) is 0 Å². The highest BCUT2D eigenvalue weighted by molar-refractivity contribution is 7.92. The summed E-state index contributed by atoms with van der Waals surface area (Å²) in [6.07, 6.45) is 1.53. The molecule has 0 atom stereocenters. The van der Waals surface area contributed by atoms with Gasteiger partial charge in [0.25, 0.3) is 0 Å². The Morgan fingerprint density at radius 2 is 1.90 bits per heavy atom. The van der Waals surface area contributed by atoms with Crippen molar-refractivity contribution in [3.8, 4) is 22.9 Å². The van der Waals surface area contributed by atoms with E-state index in [9.17, 15) is 17.2 Å². The van der Waals surface area contributed by atoms with Crippen LogP contribution in [-0.4, -0.2) is 23.7 Å². The third-order valence-electron chi connectivity index (χ3n) is 4.77. The van der Waals surface area contributed by atoms with E-state index in [2.05, 4.69) is 15.8 Å². The number of hydrogen-bond donors (Lipinski definition) is 1. The Bertz CT molecular complexity index is 1460. The number of benzene rings is 3. The lowest BCUT2D eigenvalue weighted by Gasteiger charge is -2.13. The average molecular weight is 438 g/mol. The number of anilines is 1. The van der Waals surface area contributed by atoms with E-state index in [-0.39, 0.29) is 17.0 Å². The first kappa shape index (κ1) is 20.5. The first-order valence-corrected chi connectivity index (χ1v) is 10.9. The molecule has 0 bridgehead atoms. The molecule has 0 saturated carbocycles. The van der Waals surface area contributed by atoms with Crippen LogP contribution in [0.3, 0.4) is 0 Å². The van der Waals surface area contributed by atoms with E-state index in [0.29, 0.717) is 27.8 Å². The number of nitriles is 1. The zero-order chi connectivity index (χ0) is 22.2. The summed E-state index contributed by atoms with van der Waals surface area (Å²) < 4.78 is 56.3. The second kappa shape index (κ2) is 7.81. The summed E-state index contributed by atoms with van der Waals surface area (Å²) in [5, 5.41) is 9.08. The molecule has 1 N–H and O–H groups in total. The van der Waals surface area contributed by atoms with Gasteiger partial charge in [-0.05, 0) is 61.0 Å². The third kappa shape index (κ3) is 4.11. The normalized spacial score (nSPS) is 11.4. The quantitative estimate of drug-likeness (QED) is 0.493. The molecular weight excluding hydrogens is 422 g/mol. The minimum absolute atomic E-state index is 0.122. The largest absolute Gasteiger partial charge is 0.299 e. The summed E-state index contributed by atoms with van der Waals surface area (Å²) in [6, 6.07) is 15.0. The Kier molecular flexibility index (Phi) is 5.17. The van der Waals surface area contributed by atoms with Gasteiger partial charge in [-0.25, -0.2) is 22.2 Å². The molecule has 0 aliphatic heterocycles. The third-order valence-corrected chi connectivity index (χ3v) is 6.07. The highest BCUT2D eigenvalue weighted by Crippen LogP contribution is 2.31. The molecule has 9 heteroatoms. The molecule has 0 radical (unpaired) electrons. The molecule has 4 rings (SSSR count). The van der Waals surface area contributed by atoms with Crippen LogP contribution in [0.4, 0.5) is 14.5 Å². The summed E-state index contributed by atoms with van der Waals surface area (Å²) >= 11 is 0. The highest BCUT2D eigenvalue weighted by atomic mass is 32.2. The van der Waals surface area contributed by atoms with E-state index in [1.165, 1.54) is 25.4 Å². The van der Waals surface area contributed by atoms with Crippen molar-refractivity contribution < 1.29 is 17.2 Å². The zero-order valence-corrected chi connectivity index (χ0v) is 17.1. The summed E-state index contributed by atoms with van der Waals surface area (Å²) in [5.74, 6) is -1.61. The summed E-state index contributed by atoms with van der Waals surface area (Å²) in [7, 11) is -3.59. The van der Waals surface area contributed by atoms with Gasteiger partial charge in [0.2, 0.25) is 10.0 Å². The van der Waals surface area contributed by atoms with Crippen molar-refractivity contribution in [1.29, 1.82) is 5.26 Å². The van der Waals surface area contributed by atoms with Crippen molar-refractivity contribution in [2.45, 2.75) is 6.92 Å². The lowest BCUT2D eigenvalue weighted by Crippen LogP contribution is -2.15. The molecule has 1 aromatic heterocycles. The minimum atomic E-state index is -3.59. The van der Waals surface area contributed by atoms with Crippen LogP contribution in [0.15, 0.2) is 60.9 Å². The summed E-state index contributed by atoms with van der Waals surface area (Å²) in [5.41, 5.74) is 2.94. The Morgan fingerprint density at radius 3 is 2.61 bits per heavy atom. The molecule has 4 aromatic rings. The number of sulfonamides is 1. The van der Waals surface area contributed by atoms with Gasteiger partial charge in [0.15, 0.2) is 0 Å². The molecular formula is C22H16F2N4O2S. The van der Waals surface area contributed by atoms with Crippen LogP contribution in [0, 0.1) is 23.0 Å². The maximum atomic E-state index is 14.5. The zero-order valence-electron chi connectivity index (χ0n) is 16.3. The van der Waals surface area contributed by atoms with Gasteiger partial charge in [-0.1, -0.05) is 0 Å². The Morgan fingerprint density at radius 1 is 1.10 bits per heavy atom. The predicted octanol–water partition coefficient (Wildman–Crippen LogP) is 4.60. The second-order valence-electron chi connectivity index (χ2n) is 6.83. The maximum absolute atomic E-state index is 14.5. The maximum Gasteiger partial charge on any atom is 0.232 e. The van der Waals surface area contributed by atoms with Crippen LogP contribution in [0.5, 0.6) is 0 Å². The molecule has 0 aliphatic carbocycles. The number of aromatic nitrogens is 2. The van der Waals surface area contributed by atoms with E-state index in [1.807, 2.05) is 0 Å². The Hall–Kier alpha value is -3.77. The topological polar surface area (TPSA) is 87.8 Å². The van der Waals surface area contributed by atoms with Crippen LogP contribution < -0.4 is 4.72 Å². The fraction of sp³-hybridized carbons (Fsp3) is 0.0909. The summed E-state index contributed by atoms with van der Waals surface area (Å²) in [4.78, 5) is 4.31. The number of imidazole rings is 1. The van der Waals surface area contributed by atoms with E-state index in [1.54, 1.807) is 34.9 Å². The highest BCUT2D eigenvalue weighted by Gasteiger charge is 2.14. The molecule has 3 aromatic carbocycles. The number of fused-ring (bicyclic) bond motifs is 1. The molecule has 156 valence electrons. The lowest BCUT2D eigenvalue weighted by atomic mass is 10.0. The molecule has 6 nitrogen and oxygen atoms in total. The Balaban J connectivity index is 1.92. The van der Waals surface area contributed by atoms with Gasteiger partial charge in [0.05, 0.1) is 34.1 Å². The van der Waals surface area contributed by atoms with Crippen LogP contribution >= 0.6 is 0 Å². The first-order valence-electron chi connectivity index (χ1n) is 9.28. The van der Waals surface area contributed by atoms with E-state index in [4.69, 9.17) is 5.26 Å². The minimum Gasteiger partial charge on any atom is -0.299 e. The van der Waals surface area contributed by atoms with E-state index < -0.39 is 21.7 Å². The van der Waals surface area contributed by atoms with Crippen molar-refractivity contribution >= 4 is 26.7 Å². The number of nitrogens with zero attached hydrogens (tertiary/aromatic N) is 3. The van der Waals surface area contributed by atoms with Crippen molar-refractivity contribution in [2.24, 2.45) is 0 Å². The fourth-order valence-electron chi connectivity index (χ4n) is 3.23. The average Bonchev–Trinajstić information content (AvgIpc) is 3.16. The van der Waals surface area contributed by atoms with Crippen LogP contribution in [-0.2, 0) is 10.0 Å². The molecule has 0 saturated heterocycles. The molecule has 1 heterocycles. The predicted molar refractivity (Wildman–Crippen MR) is 114 cm³/mol. The van der Waals surface area contributed by atoms with Gasteiger partial charge in [0.1, 0.15) is 18.0 Å². The Labute approximate surface area is 177 Å². The van der Waals surface area contributed by atoms with Gasteiger partial charge in [-0.3, -0.25) is 9.29 Å². The number of rotatable bonds is 5. The van der Waals surface area contributed by atoms with Gasteiger partial charge in [-0.15, -0.1) is 0 Å². The second-order valence-corrected chi connectivity index (χ2v) is 8.84. The van der Waals surface area contributed by atoms with Crippen LogP contribution in [0.1, 0.15) is 12.5 Å². The fourth-order valence-corrected chi connectivity index (χ4v) is 3.85. The van der Waals surface area contributed by atoms with Gasteiger partial charge in [0, 0.05) is 17.3 Å². The van der Waals surface area contributed by atoms with Crippen LogP contribution in [0.2, 0.25) is 0 Å². The molecule has 0 spiro atoms. The summed E-state index contributed by atoms with van der Waals surface area (Å²) in [6.45, 7) is 1.50. The monoisotopic (exact) mass is 438 g/mol. The SMILES string of the molecule is CCS(=O)(=O)Nc1cc(-c2ccc(F)cc2F)cc(-n2cnc3cc(C#N)ccc32)c1.